The third kappa shape index (κ3) is 2.61. The minimum atomic E-state index is -0.256. The summed E-state index contributed by atoms with van der Waals surface area (Å²) in [6.07, 6.45) is 0. The Labute approximate surface area is 143 Å². The van der Waals surface area contributed by atoms with Gasteiger partial charge in [-0.05, 0) is 42.8 Å². The van der Waals surface area contributed by atoms with Gasteiger partial charge in [-0.25, -0.2) is 4.39 Å². The van der Waals surface area contributed by atoms with Crippen LogP contribution < -0.4 is 4.74 Å². The molecule has 0 aliphatic carbocycles. The highest BCUT2D eigenvalue weighted by atomic mass is 19.1. The Balaban J connectivity index is 1.89. The molecule has 2 aromatic carbocycles. The first kappa shape index (κ1) is 15.3. The molecule has 0 bridgehead atoms. The molecule has 0 fully saturated rings. The van der Waals surface area contributed by atoms with Crippen LogP contribution in [0.1, 0.15) is 5.56 Å². The maximum atomic E-state index is 13.9. The van der Waals surface area contributed by atoms with Crippen molar-refractivity contribution < 1.29 is 9.13 Å². The van der Waals surface area contributed by atoms with E-state index < -0.39 is 0 Å². The van der Waals surface area contributed by atoms with Crippen LogP contribution in [0, 0.1) is 12.7 Å². The van der Waals surface area contributed by atoms with Gasteiger partial charge in [-0.3, -0.25) is 0 Å². The molecule has 0 unspecified atom stereocenters. The summed E-state index contributed by atoms with van der Waals surface area (Å²) in [6.45, 7) is 1.73. The lowest BCUT2D eigenvalue weighted by Gasteiger charge is -2.07. The van der Waals surface area contributed by atoms with E-state index in [1.807, 2.05) is 36.4 Å². The van der Waals surface area contributed by atoms with Crippen molar-refractivity contribution in [2.75, 3.05) is 7.11 Å². The molecule has 0 atom stereocenters. The van der Waals surface area contributed by atoms with Gasteiger partial charge in [-0.1, -0.05) is 24.3 Å². The highest BCUT2D eigenvalue weighted by Crippen LogP contribution is 2.29. The molecule has 124 valence electrons. The number of methoxy groups -OCH3 is 1. The van der Waals surface area contributed by atoms with Crippen molar-refractivity contribution in [2.45, 2.75) is 6.92 Å². The van der Waals surface area contributed by atoms with Gasteiger partial charge in [0, 0.05) is 5.56 Å². The average Bonchev–Trinajstić information content (AvgIpc) is 3.07. The van der Waals surface area contributed by atoms with Crippen LogP contribution in [-0.4, -0.2) is 26.9 Å². The van der Waals surface area contributed by atoms with Crippen LogP contribution in [-0.2, 0) is 0 Å². The number of ether oxygens (including phenoxy) is 1. The number of para-hydroxylation sites is 1. The standard InChI is InChI=1S/C19H15FN4O/c1-12-7-8-13(11-15(12)20)16-9-10-18-21-22-19(24(18)23-16)14-5-3-4-6-17(14)25-2/h3-11H,1-2H3. The van der Waals surface area contributed by atoms with Gasteiger partial charge in [-0.15, -0.1) is 10.2 Å². The lowest BCUT2D eigenvalue weighted by Crippen LogP contribution is -1.99. The smallest absolute Gasteiger partial charge is 0.189 e. The zero-order valence-corrected chi connectivity index (χ0v) is 13.8. The van der Waals surface area contributed by atoms with E-state index in [2.05, 4.69) is 15.3 Å². The van der Waals surface area contributed by atoms with Crippen LogP contribution in [0.5, 0.6) is 5.75 Å². The van der Waals surface area contributed by atoms with E-state index in [-0.39, 0.29) is 5.82 Å². The second-order valence-electron chi connectivity index (χ2n) is 5.68. The molecule has 2 aromatic heterocycles. The Morgan fingerprint density at radius 2 is 1.84 bits per heavy atom. The van der Waals surface area contributed by atoms with E-state index in [9.17, 15) is 4.39 Å². The van der Waals surface area contributed by atoms with Crippen molar-refractivity contribution in [1.82, 2.24) is 19.8 Å². The van der Waals surface area contributed by atoms with Gasteiger partial charge in [0.2, 0.25) is 0 Å². The topological polar surface area (TPSA) is 52.3 Å². The van der Waals surface area contributed by atoms with Gasteiger partial charge in [0.05, 0.1) is 18.4 Å². The number of aryl methyl sites for hydroxylation is 1. The fourth-order valence-electron chi connectivity index (χ4n) is 2.69. The molecule has 4 aromatic rings. The molecule has 25 heavy (non-hydrogen) atoms. The predicted molar refractivity (Wildman–Crippen MR) is 92.9 cm³/mol. The van der Waals surface area contributed by atoms with Crippen LogP contribution in [0.25, 0.3) is 28.3 Å². The van der Waals surface area contributed by atoms with E-state index in [4.69, 9.17) is 4.74 Å². The molecule has 0 aliphatic rings. The van der Waals surface area contributed by atoms with Crippen LogP contribution in [0.3, 0.4) is 0 Å². The molecule has 0 spiro atoms. The maximum Gasteiger partial charge on any atom is 0.189 e. The van der Waals surface area contributed by atoms with Gasteiger partial charge in [0.1, 0.15) is 11.6 Å². The van der Waals surface area contributed by atoms with Gasteiger partial charge in [0.15, 0.2) is 11.5 Å². The molecule has 0 saturated heterocycles. The average molecular weight is 334 g/mol. The minimum Gasteiger partial charge on any atom is -0.496 e. The van der Waals surface area contributed by atoms with E-state index in [0.717, 1.165) is 5.56 Å². The van der Waals surface area contributed by atoms with Gasteiger partial charge in [0.25, 0.3) is 0 Å². The fraction of sp³-hybridized carbons (Fsp3) is 0.105. The molecular weight excluding hydrogens is 319 g/mol. The normalized spacial score (nSPS) is 11.0. The molecule has 4 rings (SSSR count). The SMILES string of the molecule is COc1ccccc1-c1nnc2ccc(-c3ccc(C)c(F)c3)nn12. The van der Waals surface area contributed by atoms with Crippen molar-refractivity contribution >= 4 is 5.65 Å². The molecule has 0 aliphatic heterocycles. The summed E-state index contributed by atoms with van der Waals surface area (Å²) in [6, 6.07) is 16.2. The van der Waals surface area contributed by atoms with Crippen LogP contribution in [0.2, 0.25) is 0 Å². The Bertz CT molecular complexity index is 1070. The van der Waals surface area contributed by atoms with Crippen molar-refractivity contribution in [2.24, 2.45) is 0 Å². The number of benzene rings is 2. The number of hydrogen-bond donors (Lipinski definition) is 0. The van der Waals surface area contributed by atoms with Crippen LogP contribution >= 0.6 is 0 Å². The molecule has 2 heterocycles. The predicted octanol–water partition coefficient (Wildman–Crippen LogP) is 3.91. The Hall–Kier alpha value is -3.28. The zero-order chi connectivity index (χ0) is 17.4. The Kier molecular flexibility index (Phi) is 3.65. The molecule has 0 amide bonds. The highest BCUT2D eigenvalue weighted by Gasteiger charge is 2.14. The van der Waals surface area contributed by atoms with E-state index in [1.54, 1.807) is 30.7 Å². The summed E-state index contributed by atoms with van der Waals surface area (Å²) in [5.41, 5.74) is 3.34. The Morgan fingerprint density at radius 1 is 1.00 bits per heavy atom. The summed E-state index contributed by atoms with van der Waals surface area (Å²) in [7, 11) is 1.61. The lowest BCUT2D eigenvalue weighted by molar-refractivity contribution is 0.416. The van der Waals surface area contributed by atoms with Crippen molar-refractivity contribution in [1.29, 1.82) is 0 Å². The summed E-state index contributed by atoms with van der Waals surface area (Å²) >= 11 is 0. The third-order valence-electron chi connectivity index (χ3n) is 4.08. The Morgan fingerprint density at radius 3 is 2.64 bits per heavy atom. The summed E-state index contributed by atoms with van der Waals surface area (Å²) < 4.78 is 20.9. The second-order valence-corrected chi connectivity index (χ2v) is 5.68. The van der Waals surface area contributed by atoms with Crippen LogP contribution in [0.4, 0.5) is 4.39 Å². The number of nitrogens with zero attached hydrogens (tertiary/aromatic N) is 4. The first-order chi connectivity index (χ1) is 12.2. The molecule has 0 saturated carbocycles. The first-order valence-corrected chi connectivity index (χ1v) is 7.80. The summed E-state index contributed by atoms with van der Waals surface area (Å²) in [5, 5.41) is 13.0. The third-order valence-corrected chi connectivity index (χ3v) is 4.08. The monoisotopic (exact) mass is 334 g/mol. The van der Waals surface area contributed by atoms with Gasteiger partial charge < -0.3 is 4.74 Å². The second kappa shape index (κ2) is 5.98. The van der Waals surface area contributed by atoms with Crippen molar-refractivity contribution in [3.8, 4) is 28.4 Å². The van der Waals surface area contributed by atoms with Crippen LogP contribution in [0.15, 0.2) is 54.6 Å². The van der Waals surface area contributed by atoms with E-state index in [1.165, 1.54) is 6.07 Å². The largest absolute Gasteiger partial charge is 0.496 e. The first-order valence-electron chi connectivity index (χ1n) is 7.80. The summed E-state index contributed by atoms with van der Waals surface area (Å²) in [4.78, 5) is 0. The molecule has 0 radical (unpaired) electrons. The van der Waals surface area contributed by atoms with Gasteiger partial charge >= 0.3 is 0 Å². The summed E-state index contributed by atoms with van der Waals surface area (Å²) in [5.74, 6) is 1.00. The molecular formula is C19H15FN4O. The quantitative estimate of drug-likeness (QED) is 0.570. The van der Waals surface area contributed by atoms with E-state index >= 15 is 0 Å². The van der Waals surface area contributed by atoms with Gasteiger partial charge in [-0.2, -0.15) is 9.61 Å². The number of rotatable bonds is 3. The van der Waals surface area contributed by atoms with Crippen molar-refractivity contribution in [3.63, 3.8) is 0 Å². The molecule has 0 N–H and O–H groups in total. The maximum absolute atomic E-state index is 13.9. The fourth-order valence-corrected chi connectivity index (χ4v) is 2.69. The molecule has 5 nitrogen and oxygen atoms in total. The minimum absolute atomic E-state index is 0.256. The zero-order valence-electron chi connectivity index (χ0n) is 13.8. The highest BCUT2D eigenvalue weighted by molar-refractivity contribution is 5.67. The number of halogens is 1. The van der Waals surface area contributed by atoms with Crippen molar-refractivity contribution in [3.05, 3.63) is 66.0 Å². The molecule has 6 heteroatoms. The number of fused-ring (bicyclic) bond motifs is 1. The number of hydrogen-bond acceptors (Lipinski definition) is 4. The lowest BCUT2D eigenvalue weighted by atomic mass is 10.1. The van der Waals surface area contributed by atoms with E-state index in [0.29, 0.717) is 34.0 Å². The number of aromatic nitrogens is 4.